The summed E-state index contributed by atoms with van der Waals surface area (Å²) < 4.78 is 2.55. The quantitative estimate of drug-likeness (QED) is 0.375. The predicted octanol–water partition coefficient (Wildman–Crippen LogP) is 6.12. The molecule has 5 heteroatoms. The third kappa shape index (κ3) is 3.15. The lowest BCUT2D eigenvalue weighted by Crippen LogP contribution is -2.00. The molecule has 0 amide bonds. The normalized spacial score (nSPS) is 11.1. The molecule has 3 aromatic carbocycles. The van der Waals surface area contributed by atoms with Crippen molar-refractivity contribution in [3.8, 4) is 28.3 Å². The Morgan fingerprint density at radius 3 is 2.48 bits per heavy atom. The molecule has 0 unspecified atom stereocenters. The summed E-state index contributed by atoms with van der Waals surface area (Å²) in [5, 5.41) is 8.61. The van der Waals surface area contributed by atoms with Gasteiger partial charge in [0, 0.05) is 16.5 Å². The second-order valence-electron chi connectivity index (χ2n) is 6.97. The van der Waals surface area contributed by atoms with Gasteiger partial charge in [-0.15, -0.1) is 0 Å². The summed E-state index contributed by atoms with van der Waals surface area (Å²) in [7, 11) is 0. The van der Waals surface area contributed by atoms with Crippen LogP contribution in [0, 0.1) is 11.7 Å². The zero-order valence-electron chi connectivity index (χ0n) is 15.8. The number of nitrogens with one attached hydrogen (secondary N) is 1. The molecule has 5 rings (SSSR count). The number of aromatic amines is 1. The molecule has 2 heterocycles. The smallest absolute Gasteiger partial charge is 0.200 e. The molecule has 0 saturated carbocycles. The number of fused-ring (bicyclic) bond motifs is 1. The molecular formula is C24H18N4S. The number of hydrogen-bond acceptors (Lipinski definition) is 3. The maximum Gasteiger partial charge on any atom is 0.200 e. The van der Waals surface area contributed by atoms with E-state index in [0.717, 1.165) is 39.2 Å². The Balaban J connectivity index is 1.82. The Bertz CT molecular complexity index is 1380. The molecule has 0 fully saturated rings. The molecule has 0 aliphatic heterocycles. The molecule has 0 bridgehead atoms. The Morgan fingerprint density at radius 2 is 1.66 bits per heavy atom. The van der Waals surface area contributed by atoms with Crippen molar-refractivity contribution in [2.24, 2.45) is 0 Å². The predicted molar refractivity (Wildman–Crippen MR) is 120 cm³/mol. The van der Waals surface area contributed by atoms with Gasteiger partial charge in [-0.25, -0.2) is 4.98 Å². The van der Waals surface area contributed by atoms with E-state index in [4.69, 9.17) is 17.2 Å². The summed E-state index contributed by atoms with van der Waals surface area (Å²) >= 11 is 5.58. The van der Waals surface area contributed by atoms with E-state index in [-0.39, 0.29) is 0 Å². The van der Waals surface area contributed by atoms with Gasteiger partial charge in [0.1, 0.15) is 0 Å². The van der Waals surface area contributed by atoms with Gasteiger partial charge in [-0.1, -0.05) is 60.7 Å². The van der Waals surface area contributed by atoms with E-state index in [1.54, 1.807) is 0 Å². The number of rotatable bonds is 3. The molecular weight excluding hydrogens is 376 g/mol. The van der Waals surface area contributed by atoms with Crippen LogP contribution in [0.5, 0.6) is 0 Å². The number of benzene rings is 3. The first-order valence-electron chi connectivity index (χ1n) is 9.41. The van der Waals surface area contributed by atoms with Gasteiger partial charge in [0.2, 0.25) is 0 Å². The van der Waals surface area contributed by atoms with Crippen molar-refractivity contribution < 1.29 is 0 Å². The van der Waals surface area contributed by atoms with Crippen LogP contribution in [0.25, 0.3) is 39.2 Å². The van der Waals surface area contributed by atoms with Gasteiger partial charge in [0.15, 0.2) is 10.6 Å². The van der Waals surface area contributed by atoms with Crippen molar-refractivity contribution in [3.63, 3.8) is 0 Å². The van der Waals surface area contributed by atoms with Crippen molar-refractivity contribution in [2.75, 3.05) is 0 Å². The van der Waals surface area contributed by atoms with Crippen LogP contribution < -0.4 is 0 Å². The van der Waals surface area contributed by atoms with Crippen molar-refractivity contribution >= 4 is 23.1 Å². The number of pyridine rings is 1. The molecule has 5 aromatic rings. The zero-order chi connectivity index (χ0) is 19.8. The van der Waals surface area contributed by atoms with E-state index in [9.17, 15) is 0 Å². The number of H-pyrrole nitrogens is 1. The van der Waals surface area contributed by atoms with Crippen molar-refractivity contribution in [1.29, 1.82) is 0 Å². The summed E-state index contributed by atoms with van der Waals surface area (Å²) in [5.41, 5.74) is 6.04. The first kappa shape index (κ1) is 17.5. The maximum atomic E-state index is 5.58. The van der Waals surface area contributed by atoms with Gasteiger partial charge in [0.25, 0.3) is 0 Å². The third-order valence-corrected chi connectivity index (χ3v) is 5.23. The molecule has 0 saturated heterocycles. The topological polar surface area (TPSA) is 46.5 Å². The van der Waals surface area contributed by atoms with Gasteiger partial charge in [-0.3, -0.25) is 9.67 Å². The van der Waals surface area contributed by atoms with Crippen LogP contribution in [0.2, 0.25) is 0 Å². The molecule has 2 aromatic heterocycles. The van der Waals surface area contributed by atoms with E-state index in [1.165, 1.54) is 5.56 Å². The average Bonchev–Trinajstić information content (AvgIpc) is 3.15. The molecule has 0 atom stereocenters. The standard InChI is InChI=1S/C24H18N4S/c1-16-8-7-11-18(14-16)28-23(26-27-24(28)29)20-15-22(17-9-3-2-4-10-17)25-21-13-6-5-12-19(20)21/h2-15H,1H3,(H,27,29). The van der Waals surface area contributed by atoms with Crippen LogP contribution in [0.15, 0.2) is 84.9 Å². The highest BCUT2D eigenvalue weighted by atomic mass is 32.1. The highest BCUT2D eigenvalue weighted by Crippen LogP contribution is 2.32. The highest BCUT2D eigenvalue weighted by molar-refractivity contribution is 7.71. The second-order valence-corrected chi connectivity index (χ2v) is 7.35. The largest absolute Gasteiger partial charge is 0.268 e. The van der Waals surface area contributed by atoms with Crippen molar-refractivity contribution in [3.05, 3.63) is 95.3 Å². The average molecular weight is 395 g/mol. The molecule has 0 aliphatic carbocycles. The molecule has 4 nitrogen and oxygen atoms in total. The van der Waals surface area contributed by atoms with Gasteiger partial charge in [-0.05, 0) is 49.0 Å². The van der Waals surface area contributed by atoms with E-state index in [2.05, 4.69) is 53.5 Å². The molecule has 0 spiro atoms. The van der Waals surface area contributed by atoms with Crippen LogP contribution in [0.1, 0.15) is 5.56 Å². The SMILES string of the molecule is Cc1cccc(-n2c(-c3cc(-c4ccccc4)nc4ccccc34)n[nH]c2=S)c1. The van der Waals surface area contributed by atoms with Gasteiger partial charge < -0.3 is 0 Å². The minimum atomic E-state index is 0.563. The van der Waals surface area contributed by atoms with Gasteiger partial charge >= 0.3 is 0 Å². The fourth-order valence-corrected chi connectivity index (χ4v) is 3.84. The van der Waals surface area contributed by atoms with Crippen LogP contribution >= 0.6 is 12.2 Å². The Hall–Kier alpha value is -3.57. The summed E-state index contributed by atoms with van der Waals surface area (Å²) in [6, 6.07) is 28.7. The lowest BCUT2D eigenvalue weighted by Gasteiger charge is -2.12. The zero-order valence-corrected chi connectivity index (χ0v) is 16.6. The first-order valence-corrected chi connectivity index (χ1v) is 9.81. The first-order chi connectivity index (χ1) is 14.2. The number of aromatic nitrogens is 4. The Kier molecular flexibility index (Phi) is 4.30. The van der Waals surface area contributed by atoms with E-state index in [1.807, 2.05) is 53.1 Å². The minimum Gasteiger partial charge on any atom is -0.268 e. The molecule has 1 N–H and O–H groups in total. The van der Waals surface area contributed by atoms with Crippen LogP contribution in [0.4, 0.5) is 0 Å². The highest BCUT2D eigenvalue weighted by Gasteiger charge is 2.16. The number of aryl methyl sites for hydroxylation is 1. The Labute approximate surface area is 173 Å². The molecule has 140 valence electrons. The van der Waals surface area contributed by atoms with Gasteiger partial charge in [0.05, 0.1) is 16.9 Å². The molecule has 0 radical (unpaired) electrons. The fraction of sp³-hybridized carbons (Fsp3) is 0.0417. The van der Waals surface area contributed by atoms with Crippen LogP contribution in [-0.2, 0) is 0 Å². The monoisotopic (exact) mass is 394 g/mol. The molecule has 0 aliphatic rings. The second kappa shape index (κ2) is 7.11. The summed E-state index contributed by atoms with van der Waals surface area (Å²) in [5.74, 6) is 0.774. The number of para-hydroxylation sites is 1. The van der Waals surface area contributed by atoms with E-state index in [0.29, 0.717) is 4.77 Å². The fourth-order valence-electron chi connectivity index (χ4n) is 3.60. The summed E-state index contributed by atoms with van der Waals surface area (Å²) in [6.07, 6.45) is 0. The third-order valence-electron chi connectivity index (χ3n) is 4.96. The molecule has 29 heavy (non-hydrogen) atoms. The summed E-state index contributed by atoms with van der Waals surface area (Å²) in [6.45, 7) is 2.07. The number of hydrogen-bond donors (Lipinski definition) is 1. The minimum absolute atomic E-state index is 0.563. The van der Waals surface area contributed by atoms with E-state index >= 15 is 0 Å². The maximum absolute atomic E-state index is 5.58. The van der Waals surface area contributed by atoms with Crippen LogP contribution in [-0.4, -0.2) is 19.7 Å². The van der Waals surface area contributed by atoms with E-state index < -0.39 is 0 Å². The van der Waals surface area contributed by atoms with Crippen molar-refractivity contribution in [2.45, 2.75) is 6.92 Å². The lowest BCUT2D eigenvalue weighted by molar-refractivity contribution is 1.03. The Morgan fingerprint density at radius 1 is 0.862 bits per heavy atom. The lowest BCUT2D eigenvalue weighted by atomic mass is 10.0. The van der Waals surface area contributed by atoms with Crippen LogP contribution in [0.3, 0.4) is 0 Å². The van der Waals surface area contributed by atoms with Gasteiger partial charge in [-0.2, -0.15) is 5.10 Å². The number of nitrogens with zero attached hydrogens (tertiary/aromatic N) is 3. The summed E-state index contributed by atoms with van der Waals surface area (Å²) in [4.78, 5) is 4.88. The van der Waals surface area contributed by atoms with Crippen molar-refractivity contribution in [1.82, 2.24) is 19.7 Å².